The number of amides is 1. The smallest absolute Gasteiger partial charge is 0.419 e. The van der Waals surface area contributed by atoms with E-state index < -0.39 is 17.3 Å². The summed E-state index contributed by atoms with van der Waals surface area (Å²) in [6.45, 7) is 7.87. The first-order chi connectivity index (χ1) is 19.4. The highest BCUT2D eigenvalue weighted by Crippen LogP contribution is 2.40. The van der Waals surface area contributed by atoms with E-state index in [0.29, 0.717) is 49.5 Å². The molecule has 2 fully saturated rings. The molecule has 8 nitrogen and oxygen atoms in total. The van der Waals surface area contributed by atoms with E-state index in [9.17, 15) is 18.0 Å². The highest BCUT2D eigenvalue weighted by atomic mass is 35.5. The topological polar surface area (TPSA) is 78.7 Å². The quantitative estimate of drug-likeness (QED) is 0.282. The Hall–Kier alpha value is -3.05. The van der Waals surface area contributed by atoms with Crippen molar-refractivity contribution in [2.75, 3.05) is 32.9 Å². The van der Waals surface area contributed by atoms with E-state index in [2.05, 4.69) is 9.97 Å². The monoisotopic (exact) mass is 594 g/mol. The molecule has 0 aliphatic carbocycles. The van der Waals surface area contributed by atoms with Crippen molar-refractivity contribution in [3.05, 3.63) is 41.3 Å². The summed E-state index contributed by atoms with van der Waals surface area (Å²) in [5.74, 6) is 0.0116. The maximum Gasteiger partial charge on any atom is 0.419 e. The van der Waals surface area contributed by atoms with Crippen LogP contribution in [0.2, 0.25) is 5.28 Å². The Morgan fingerprint density at radius 3 is 2.54 bits per heavy atom. The van der Waals surface area contributed by atoms with Crippen LogP contribution in [-0.2, 0) is 15.7 Å². The molecule has 0 bridgehead atoms. The third kappa shape index (κ3) is 6.89. The van der Waals surface area contributed by atoms with Gasteiger partial charge < -0.3 is 23.7 Å². The van der Waals surface area contributed by atoms with Gasteiger partial charge in [-0.1, -0.05) is 0 Å². The molecule has 3 aromatic rings. The molecule has 5 rings (SSSR count). The summed E-state index contributed by atoms with van der Waals surface area (Å²) in [5, 5.41) is 0.568. The molecular weight excluding hydrogens is 561 g/mol. The Kier molecular flexibility index (Phi) is 8.39. The molecule has 2 aliphatic heterocycles. The predicted octanol–water partition coefficient (Wildman–Crippen LogP) is 7.15. The summed E-state index contributed by atoms with van der Waals surface area (Å²) < 4.78 is 61.0. The number of rotatable bonds is 6. The molecule has 4 heterocycles. The Labute approximate surface area is 241 Å². The number of nitrogens with zero attached hydrogens (tertiary/aromatic N) is 4. The Balaban J connectivity index is 1.28. The fourth-order valence-corrected chi connectivity index (χ4v) is 5.52. The van der Waals surface area contributed by atoms with Crippen molar-refractivity contribution in [1.29, 1.82) is 0 Å². The van der Waals surface area contributed by atoms with Gasteiger partial charge in [0.25, 0.3) is 0 Å². The zero-order chi connectivity index (χ0) is 29.4. The van der Waals surface area contributed by atoms with Crippen LogP contribution in [-0.4, -0.2) is 64.0 Å². The van der Waals surface area contributed by atoms with Crippen molar-refractivity contribution in [2.45, 2.75) is 64.3 Å². The van der Waals surface area contributed by atoms with Gasteiger partial charge in [0.15, 0.2) is 0 Å². The number of carbonyl (C=O) groups is 1. The fourth-order valence-electron chi connectivity index (χ4n) is 5.35. The maximum absolute atomic E-state index is 14.2. The lowest BCUT2D eigenvalue weighted by Crippen LogP contribution is -2.41. The summed E-state index contributed by atoms with van der Waals surface area (Å²) >= 11 is 6.22. The van der Waals surface area contributed by atoms with Crippen molar-refractivity contribution in [3.8, 4) is 17.0 Å². The zero-order valence-electron chi connectivity index (χ0n) is 23.3. The van der Waals surface area contributed by atoms with Gasteiger partial charge in [0, 0.05) is 36.8 Å². The number of hydrogen-bond acceptors (Lipinski definition) is 6. The highest BCUT2D eigenvalue weighted by Gasteiger charge is 2.35. The molecule has 12 heteroatoms. The second kappa shape index (κ2) is 11.7. The van der Waals surface area contributed by atoms with Gasteiger partial charge in [-0.3, -0.25) is 0 Å². The maximum atomic E-state index is 14.2. The second-order valence-corrected chi connectivity index (χ2v) is 11.9. The SMILES string of the molecule is CC(C)(C)OC(=O)N1CCC(CCOc2ccc(-c3nc(Cl)nc4c3ccn4C3CCOC3)cc2C(F)(F)F)CC1. The van der Waals surface area contributed by atoms with Gasteiger partial charge in [-0.2, -0.15) is 18.2 Å². The molecule has 222 valence electrons. The number of piperidine rings is 1. The molecule has 41 heavy (non-hydrogen) atoms. The van der Waals surface area contributed by atoms with Crippen LogP contribution >= 0.6 is 11.6 Å². The predicted molar refractivity (Wildman–Crippen MR) is 148 cm³/mol. The van der Waals surface area contributed by atoms with Crippen LogP contribution in [0.1, 0.15) is 58.1 Å². The van der Waals surface area contributed by atoms with E-state index in [1.165, 1.54) is 6.07 Å². The Morgan fingerprint density at radius 1 is 1.12 bits per heavy atom. The minimum Gasteiger partial charge on any atom is -0.493 e. The van der Waals surface area contributed by atoms with Gasteiger partial charge in [0.1, 0.15) is 17.0 Å². The van der Waals surface area contributed by atoms with E-state index >= 15 is 0 Å². The number of fused-ring (bicyclic) bond motifs is 1. The largest absolute Gasteiger partial charge is 0.493 e. The minimum absolute atomic E-state index is 0.0435. The first kappa shape index (κ1) is 29.4. The molecule has 0 saturated carbocycles. The molecule has 0 N–H and O–H groups in total. The normalized spacial score (nSPS) is 18.7. The van der Waals surface area contributed by atoms with Crippen LogP contribution in [0.3, 0.4) is 0 Å². The third-order valence-electron chi connectivity index (χ3n) is 7.45. The summed E-state index contributed by atoms with van der Waals surface area (Å²) in [5.41, 5.74) is -0.279. The number of halogens is 4. The number of benzene rings is 1. The summed E-state index contributed by atoms with van der Waals surface area (Å²) in [6, 6.07) is 5.84. The Bertz CT molecular complexity index is 1390. The number of aromatic nitrogens is 3. The van der Waals surface area contributed by atoms with Crippen molar-refractivity contribution in [1.82, 2.24) is 19.4 Å². The van der Waals surface area contributed by atoms with Crippen LogP contribution in [0.4, 0.5) is 18.0 Å². The molecule has 2 aliphatic rings. The first-order valence-electron chi connectivity index (χ1n) is 13.8. The number of ether oxygens (including phenoxy) is 3. The minimum atomic E-state index is -4.63. The number of carbonyl (C=O) groups excluding carboxylic acids is 1. The lowest BCUT2D eigenvalue weighted by Gasteiger charge is -2.33. The molecule has 0 radical (unpaired) electrons. The molecular formula is C29H34ClF3N4O4. The number of hydrogen-bond donors (Lipinski definition) is 0. The van der Waals surface area contributed by atoms with Crippen LogP contribution in [0, 0.1) is 5.92 Å². The van der Waals surface area contributed by atoms with Crippen molar-refractivity contribution in [2.24, 2.45) is 5.92 Å². The van der Waals surface area contributed by atoms with Gasteiger partial charge >= 0.3 is 12.3 Å². The van der Waals surface area contributed by atoms with Crippen LogP contribution < -0.4 is 4.74 Å². The molecule has 1 atom stereocenters. The summed E-state index contributed by atoms with van der Waals surface area (Å²) in [6.07, 6.45) is -0.245. The van der Waals surface area contributed by atoms with Crippen molar-refractivity contribution in [3.63, 3.8) is 0 Å². The van der Waals surface area contributed by atoms with Gasteiger partial charge in [0.2, 0.25) is 5.28 Å². The molecule has 2 aromatic heterocycles. The first-order valence-corrected chi connectivity index (χ1v) is 14.2. The summed E-state index contributed by atoms with van der Waals surface area (Å²) in [7, 11) is 0. The lowest BCUT2D eigenvalue weighted by atomic mass is 9.94. The fraction of sp³-hybridized carbons (Fsp3) is 0.552. The molecule has 2 saturated heterocycles. The molecule has 1 unspecified atom stereocenters. The number of likely N-dealkylation sites (tertiary alicyclic amines) is 1. The summed E-state index contributed by atoms with van der Waals surface area (Å²) in [4.78, 5) is 22.6. The molecule has 1 amide bonds. The van der Waals surface area contributed by atoms with Crippen LogP contribution in [0.5, 0.6) is 5.75 Å². The van der Waals surface area contributed by atoms with Crippen LogP contribution in [0.25, 0.3) is 22.3 Å². The molecule has 0 spiro atoms. The Morgan fingerprint density at radius 2 is 1.88 bits per heavy atom. The molecule has 1 aromatic carbocycles. The average molecular weight is 595 g/mol. The second-order valence-electron chi connectivity index (χ2n) is 11.6. The number of alkyl halides is 3. The van der Waals surface area contributed by atoms with Gasteiger partial charge in [-0.05, 0) is 88.2 Å². The van der Waals surface area contributed by atoms with E-state index in [-0.39, 0.29) is 41.3 Å². The van der Waals surface area contributed by atoms with E-state index in [1.54, 1.807) is 17.0 Å². The van der Waals surface area contributed by atoms with Gasteiger partial charge in [-0.25, -0.2) is 9.78 Å². The van der Waals surface area contributed by atoms with Gasteiger partial charge in [-0.15, -0.1) is 0 Å². The van der Waals surface area contributed by atoms with E-state index in [0.717, 1.165) is 25.3 Å². The third-order valence-corrected chi connectivity index (χ3v) is 7.62. The lowest BCUT2D eigenvalue weighted by molar-refractivity contribution is -0.138. The average Bonchev–Trinajstić information content (AvgIpc) is 3.57. The highest BCUT2D eigenvalue weighted by molar-refractivity contribution is 6.28. The van der Waals surface area contributed by atoms with Crippen molar-refractivity contribution < 1.29 is 32.2 Å². The van der Waals surface area contributed by atoms with E-state index in [1.807, 2.05) is 31.5 Å². The van der Waals surface area contributed by atoms with E-state index in [4.69, 9.17) is 25.8 Å². The standard InChI is InChI=1S/C29H34ClF3N4O4/c1-28(2,3)41-27(38)36-11-6-18(7-12-36)9-15-40-23-5-4-19(16-22(23)29(31,32)33)24-21-8-13-37(20-10-14-39-17-20)25(21)35-26(30)34-24/h4-5,8,13,16,18,20H,6-7,9-12,14-15,17H2,1-3H3. The van der Waals surface area contributed by atoms with Crippen LogP contribution in [0.15, 0.2) is 30.5 Å². The zero-order valence-corrected chi connectivity index (χ0v) is 24.1. The van der Waals surface area contributed by atoms with Gasteiger partial charge in [0.05, 0.1) is 30.5 Å². The van der Waals surface area contributed by atoms with Crippen molar-refractivity contribution >= 4 is 28.7 Å².